The Morgan fingerprint density at radius 1 is 0.253 bits per heavy atom. The van der Waals surface area contributed by atoms with Crippen molar-refractivity contribution in [3.8, 4) is 0 Å². The van der Waals surface area contributed by atoms with E-state index >= 15 is 0 Å². The molecule has 0 aliphatic rings. The number of hydrogen-bond acceptors (Lipinski definition) is 6. The third-order valence-electron chi connectivity index (χ3n) is 16.1. The lowest BCUT2D eigenvalue weighted by Gasteiger charge is -2.18. The fourth-order valence-corrected chi connectivity index (χ4v) is 10.8. The standard InChI is InChI=1S/C73H136O6/c1-4-7-10-13-16-19-22-25-28-30-32-33-34-35-36-37-38-39-40-42-43-45-48-51-54-57-60-63-66-72(75)78-69-70(68-77-71(74)65-62-59-56-53-50-47-27-24-21-18-15-12-9-6-3)79-73(76)67-64-61-58-55-52-49-46-44-41-31-29-26-23-20-17-14-11-8-5-2/h17,20,24,26-27,29,70H,4-16,18-19,21-23,25,28,30-69H2,1-3H3/b20-17-,27-24-,29-26-. The molecular formula is C73H136O6. The van der Waals surface area contributed by atoms with Crippen LogP contribution in [-0.4, -0.2) is 37.2 Å². The summed E-state index contributed by atoms with van der Waals surface area (Å²) in [6, 6.07) is 0. The summed E-state index contributed by atoms with van der Waals surface area (Å²) in [5, 5.41) is 0. The van der Waals surface area contributed by atoms with Gasteiger partial charge in [-0.15, -0.1) is 0 Å². The van der Waals surface area contributed by atoms with Crippen molar-refractivity contribution >= 4 is 17.9 Å². The monoisotopic (exact) mass is 1110 g/mol. The van der Waals surface area contributed by atoms with E-state index in [-0.39, 0.29) is 31.1 Å². The van der Waals surface area contributed by atoms with Crippen LogP contribution in [0.25, 0.3) is 0 Å². The molecule has 0 aliphatic carbocycles. The molecule has 1 atom stereocenters. The fourth-order valence-electron chi connectivity index (χ4n) is 10.8. The highest BCUT2D eigenvalue weighted by atomic mass is 16.6. The zero-order chi connectivity index (χ0) is 57.1. The van der Waals surface area contributed by atoms with Crippen LogP contribution in [0.15, 0.2) is 36.5 Å². The average Bonchev–Trinajstić information content (AvgIpc) is 3.45. The van der Waals surface area contributed by atoms with Crippen LogP contribution in [0, 0.1) is 0 Å². The number of ether oxygens (including phenoxy) is 3. The van der Waals surface area contributed by atoms with Gasteiger partial charge in [-0.2, -0.15) is 0 Å². The Hall–Kier alpha value is -2.37. The van der Waals surface area contributed by atoms with E-state index in [2.05, 4.69) is 57.2 Å². The van der Waals surface area contributed by atoms with Crippen molar-refractivity contribution in [2.45, 2.75) is 399 Å². The molecule has 0 aromatic rings. The van der Waals surface area contributed by atoms with Gasteiger partial charge in [0.1, 0.15) is 13.2 Å². The number of allylic oxidation sites excluding steroid dienone is 6. The van der Waals surface area contributed by atoms with Gasteiger partial charge in [0.15, 0.2) is 6.10 Å². The summed E-state index contributed by atoms with van der Waals surface area (Å²) in [5.74, 6) is -0.858. The first kappa shape index (κ1) is 76.6. The first-order valence-corrected chi connectivity index (χ1v) is 35.5. The van der Waals surface area contributed by atoms with Gasteiger partial charge in [0.2, 0.25) is 0 Å². The van der Waals surface area contributed by atoms with Crippen LogP contribution < -0.4 is 0 Å². The average molecular weight is 1110 g/mol. The summed E-state index contributed by atoms with van der Waals surface area (Å²) >= 11 is 0. The van der Waals surface area contributed by atoms with Gasteiger partial charge in [-0.05, 0) is 77.0 Å². The second kappa shape index (κ2) is 68.1. The van der Waals surface area contributed by atoms with Crippen molar-refractivity contribution in [2.24, 2.45) is 0 Å². The van der Waals surface area contributed by atoms with Crippen LogP contribution in [0.1, 0.15) is 393 Å². The normalized spacial score (nSPS) is 12.2. The Balaban J connectivity index is 4.21. The van der Waals surface area contributed by atoms with Crippen LogP contribution in [0.5, 0.6) is 0 Å². The topological polar surface area (TPSA) is 78.9 Å². The molecule has 0 amide bonds. The minimum absolute atomic E-state index is 0.0719. The summed E-state index contributed by atoms with van der Waals surface area (Å²) in [4.78, 5) is 38.4. The lowest BCUT2D eigenvalue weighted by atomic mass is 10.0. The third kappa shape index (κ3) is 66.3. The summed E-state index contributed by atoms with van der Waals surface area (Å²) in [5.41, 5.74) is 0. The first-order chi connectivity index (χ1) is 39.0. The Morgan fingerprint density at radius 2 is 0.456 bits per heavy atom. The van der Waals surface area contributed by atoms with Crippen LogP contribution >= 0.6 is 0 Å². The third-order valence-corrected chi connectivity index (χ3v) is 16.1. The lowest BCUT2D eigenvalue weighted by molar-refractivity contribution is -0.167. The van der Waals surface area contributed by atoms with Crippen LogP contribution in [0.2, 0.25) is 0 Å². The fraction of sp³-hybridized carbons (Fsp3) is 0.877. The van der Waals surface area contributed by atoms with Gasteiger partial charge in [0.25, 0.3) is 0 Å². The minimum Gasteiger partial charge on any atom is -0.462 e. The van der Waals surface area contributed by atoms with Crippen molar-refractivity contribution in [1.29, 1.82) is 0 Å². The molecule has 0 saturated carbocycles. The SMILES string of the molecule is CCCCC/C=C\C/C=C\CCCCCCCCCCCC(=O)OC(COC(=O)CCCCCCC/C=C\CCCCCCC)COC(=O)CCCCCCCCCCCCCCCCCCCCCCCCCCCCCC. The van der Waals surface area contributed by atoms with E-state index in [1.165, 1.54) is 283 Å². The summed E-state index contributed by atoms with van der Waals surface area (Å²) in [6.45, 7) is 6.67. The molecule has 0 spiro atoms. The second-order valence-electron chi connectivity index (χ2n) is 24.1. The number of rotatable bonds is 66. The number of hydrogen-bond donors (Lipinski definition) is 0. The zero-order valence-electron chi connectivity index (χ0n) is 53.4. The van der Waals surface area contributed by atoms with Gasteiger partial charge in [-0.25, -0.2) is 0 Å². The maximum Gasteiger partial charge on any atom is 0.306 e. The van der Waals surface area contributed by atoms with Crippen molar-refractivity contribution < 1.29 is 28.6 Å². The number of unbranched alkanes of at least 4 members (excludes halogenated alkanes) is 49. The molecule has 464 valence electrons. The smallest absolute Gasteiger partial charge is 0.306 e. The Kier molecular flexibility index (Phi) is 66.1. The van der Waals surface area contributed by atoms with Crippen LogP contribution in [0.4, 0.5) is 0 Å². The molecule has 0 bridgehead atoms. The molecule has 0 N–H and O–H groups in total. The predicted octanol–water partition coefficient (Wildman–Crippen LogP) is 24.3. The van der Waals surface area contributed by atoms with E-state index in [0.717, 1.165) is 70.6 Å². The number of esters is 3. The van der Waals surface area contributed by atoms with Crippen LogP contribution in [0.3, 0.4) is 0 Å². The van der Waals surface area contributed by atoms with Crippen molar-refractivity contribution in [3.63, 3.8) is 0 Å². The van der Waals surface area contributed by atoms with Gasteiger partial charge < -0.3 is 14.2 Å². The van der Waals surface area contributed by atoms with E-state index in [1.807, 2.05) is 0 Å². The van der Waals surface area contributed by atoms with E-state index in [0.29, 0.717) is 19.3 Å². The Bertz CT molecular complexity index is 1320. The van der Waals surface area contributed by atoms with Crippen molar-refractivity contribution in [2.75, 3.05) is 13.2 Å². The lowest BCUT2D eigenvalue weighted by Crippen LogP contribution is -2.30. The molecule has 0 radical (unpaired) electrons. The Morgan fingerprint density at radius 3 is 0.734 bits per heavy atom. The maximum atomic E-state index is 12.9. The molecule has 6 heteroatoms. The highest BCUT2D eigenvalue weighted by molar-refractivity contribution is 5.71. The van der Waals surface area contributed by atoms with E-state index in [1.54, 1.807) is 0 Å². The number of carbonyl (C=O) groups is 3. The van der Waals surface area contributed by atoms with Gasteiger partial charge in [0.05, 0.1) is 0 Å². The highest BCUT2D eigenvalue weighted by Gasteiger charge is 2.19. The van der Waals surface area contributed by atoms with Gasteiger partial charge in [-0.3, -0.25) is 14.4 Å². The maximum absolute atomic E-state index is 12.9. The van der Waals surface area contributed by atoms with Crippen molar-refractivity contribution in [3.05, 3.63) is 36.5 Å². The molecule has 0 saturated heterocycles. The number of carbonyl (C=O) groups excluding carboxylic acids is 3. The van der Waals surface area contributed by atoms with E-state index in [4.69, 9.17) is 14.2 Å². The van der Waals surface area contributed by atoms with E-state index < -0.39 is 6.10 Å². The molecule has 0 rings (SSSR count). The molecule has 0 aromatic heterocycles. The molecule has 79 heavy (non-hydrogen) atoms. The molecular weight excluding hydrogens is 973 g/mol. The quantitative estimate of drug-likeness (QED) is 0.0261. The summed E-state index contributed by atoms with van der Waals surface area (Å²) < 4.78 is 17.0. The summed E-state index contributed by atoms with van der Waals surface area (Å²) in [7, 11) is 0. The van der Waals surface area contributed by atoms with Crippen LogP contribution in [-0.2, 0) is 28.6 Å². The molecule has 0 aliphatic heterocycles. The van der Waals surface area contributed by atoms with Gasteiger partial charge in [0, 0.05) is 19.3 Å². The van der Waals surface area contributed by atoms with Gasteiger partial charge in [-0.1, -0.05) is 333 Å². The molecule has 6 nitrogen and oxygen atoms in total. The molecule has 0 aromatic carbocycles. The summed E-state index contributed by atoms with van der Waals surface area (Å²) in [6.07, 6.45) is 84.6. The molecule has 0 fully saturated rings. The zero-order valence-corrected chi connectivity index (χ0v) is 53.4. The molecule has 0 heterocycles. The second-order valence-corrected chi connectivity index (χ2v) is 24.1. The first-order valence-electron chi connectivity index (χ1n) is 35.5. The largest absolute Gasteiger partial charge is 0.462 e. The Labute approximate surface area is 493 Å². The molecule has 1 unspecified atom stereocenters. The predicted molar refractivity (Wildman–Crippen MR) is 344 cm³/mol. The minimum atomic E-state index is -0.777. The van der Waals surface area contributed by atoms with Crippen molar-refractivity contribution in [1.82, 2.24) is 0 Å². The van der Waals surface area contributed by atoms with E-state index in [9.17, 15) is 14.4 Å². The van der Waals surface area contributed by atoms with Gasteiger partial charge >= 0.3 is 17.9 Å². The highest BCUT2D eigenvalue weighted by Crippen LogP contribution is 2.19.